The molecule has 1 heterocycles. The highest BCUT2D eigenvalue weighted by molar-refractivity contribution is 9.10. The number of anilines is 1. The van der Waals surface area contributed by atoms with E-state index in [1.54, 1.807) is 0 Å². The molecule has 3 heteroatoms. The molecule has 0 atom stereocenters. The Morgan fingerprint density at radius 3 is 2.94 bits per heavy atom. The summed E-state index contributed by atoms with van der Waals surface area (Å²) in [6.45, 7) is 2.30. The van der Waals surface area contributed by atoms with E-state index in [2.05, 4.69) is 57.4 Å². The fraction of sp³-hybridized carbons (Fsp3) is 0.357. The molecule has 1 saturated carbocycles. The van der Waals surface area contributed by atoms with Crippen LogP contribution in [0.3, 0.4) is 0 Å². The predicted octanol–water partition coefficient (Wildman–Crippen LogP) is 4.21. The van der Waals surface area contributed by atoms with Gasteiger partial charge in [0.2, 0.25) is 0 Å². The number of nitrogens with one attached hydrogen (secondary N) is 1. The lowest BCUT2D eigenvalue weighted by molar-refractivity contribution is 0.309. The summed E-state index contributed by atoms with van der Waals surface area (Å²) in [4.78, 5) is 4.50. The molecule has 2 nitrogen and oxygen atoms in total. The van der Waals surface area contributed by atoms with Crippen LogP contribution in [0.4, 0.5) is 5.69 Å². The maximum atomic E-state index is 4.50. The first kappa shape index (κ1) is 11.0. The standard InChI is InChI=1S/C14H15BrN2/c1-9-5-12(6-9)17-13-4-2-3-10-7-11(15)8-16-14(10)13/h2-4,7-9,12,17H,5-6H2,1H3. The summed E-state index contributed by atoms with van der Waals surface area (Å²) in [7, 11) is 0. The number of rotatable bonds is 2. The molecular weight excluding hydrogens is 276 g/mol. The summed E-state index contributed by atoms with van der Waals surface area (Å²) < 4.78 is 1.03. The van der Waals surface area contributed by atoms with Gasteiger partial charge in [-0.15, -0.1) is 0 Å². The van der Waals surface area contributed by atoms with E-state index in [1.807, 2.05) is 6.20 Å². The van der Waals surface area contributed by atoms with Crippen LogP contribution in [-0.2, 0) is 0 Å². The number of nitrogens with zero attached hydrogens (tertiary/aromatic N) is 1. The van der Waals surface area contributed by atoms with E-state index >= 15 is 0 Å². The number of hydrogen-bond acceptors (Lipinski definition) is 2. The predicted molar refractivity (Wildman–Crippen MR) is 75.3 cm³/mol. The van der Waals surface area contributed by atoms with Gasteiger partial charge in [-0.3, -0.25) is 4.98 Å². The van der Waals surface area contributed by atoms with E-state index in [0.29, 0.717) is 6.04 Å². The van der Waals surface area contributed by atoms with Gasteiger partial charge in [-0.1, -0.05) is 19.1 Å². The zero-order valence-electron chi connectivity index (χ0n) is 9.78. The minimum absolute atomic E-state index is 0.626. The summed E-state index contributed by atoms with van der Waals surface area (Å²) in [6, 6.07) is 9.03. The zero-order chi connectivity index (χ0) is 11.8. The van der Waals surface area contributed by atoms with E-state index in [4.69, 9.17) is 0 Å². The fourth-order valence-electron chi connectivity index (χ4n) is 2.49. The first-order valence-electron chi connectivity index (χ1n) is 6.03. The number of aromatic nitrogens is 1. The Bertz CT molecular complexity index is 547. The molecule has 0 radical (unpaired) electrons. The van der Waals surface area contributed by atoms with Gasteiger partial charge in [-0.2, -0.15) is 0 Å². The van der Waals surface area contributed by atoms with Crippen LogP contribution in [0.25, 0.3) is 10.9 Å². The van der Waals surface area contributed by atoms with E-state index in [1.165, 1.54) is 18.2 Å². The highest BCUT2D eigenvalue weighted by Crippen LogP contribution is 2.31. The monoisotopic (exact) mass is 290 g/mol. The second kappa shape index (κ2) is 4.30. The number of hydrogen-bond donors (Lipinski definition) is 1. The van der Waals surface area contributed by atoms with E-state index in [9.17, 15) is 0 Å². The Morgan fingerprint density at radius 1 is 1.35 bits per heavy atom. The molecule has 0 aliphatic heterocycles. The third-order valence-corrected chi connectivity index (χ3v) is 3.84. The molecule has 0 saturated heterocycles. The number of pyridine rings is 1. The van der Waals surface area contributed by atoms with E-state index < -0.39 is 0 Å². The number of fused-ring (bicyclic) bond motifs is 1. The lowest BCUT2D eigenvalue weighted by Crippen LogP contribution is -2.33. The minimum atomic E-state index is 0.626. The van der Waals surface area contributed by atoms with Crippen molar-refractivity contribution in [2.45, 2.75) is 25.8 Å². The van der Waals surface area contributed by atoms with Gasteiger partial charge in [0.1, 0.15) is 0 Å². The van der Waals surface area contributed by atoms with Gasteiger partial charge in [0, 0.05) is 22.1 Å². The molecule has 1 aliphatic carbocycles. The van der Waals surface area contributed by atoms with Gasteiger partial charge in [0.25, 0.3) is 0 Å². The first-order valence-corrected chi connectivity index (χ1v) is 6.82. The van der Waals surface area contributed by atoms with Crippen molar-refractivity contribution >= 4 is 32.5 Å². The average Bonchev–Trinajstić information content (AvgIpc) is 2.27. The molecule has 17 heavy (non-hydrogen) atoms. The molecule has 1 N–H and O–H groups in total. The SMILES string of the molecule is CC1CC(Nc2cccc3cc(Br)cnc23)C1. The highest BCUT2D eigenvalue weighted by Gasteiger charge is 2.25. The molecule has 3 rings (SSSR count). The van der Waals surface area contributed by atoms with Crippen LogP contribution in [0, 0.1) is 5.92 Å². The Kier molecular flexibility index (Phi) is 2.79. The molecule has 88 valence electrons. The minimum Gasteiger partial charge on any atom is -0.381 e. The highest BCUT2D eigenvalue weighted by atomic mass is 79.9. The quantitative estimate of drug-likeness (QED) is 0.896. The van der Waals surface area contributed by atoms with Crippen LogP contribution in [0.15, 0.2) is 34.9 Å². The summed E-state index contributed by atoms with van der Waals surface area (Å²) in [5.41, 5.74) is 2.22. The Balaban J connectivity index is 1.93. The summed E-state index contributed by atoms with van der Waals surface area (Å²) in [5, 5.41) is 4.77. The van der Waals surface area contributed by atoms with Crippen LogP contribution in [0.5, 0.6) is 0 Å². The second-order valence-electron chi connectivity index (χ2n) is 4.95. The van der Waals surface area contributed by atoms with E-state index in [0.717, 1.165) is 21.6 Å². The van der Waals surface area contributed by atoms with Gasteiger partial charge in [0.05, 0.1) is 11.2 Å². The Hall–Kier alpha value is -1.09. The average molecular weight is 291 g/mol. The third-order valence-electron chi connectivity index (χ3n) is 3.41. The van der Waals surface area contributed by atoms with Crippen LogP contribution >= 0.6 is 15.9 Å². The van der Waals surface area contributed by atoms with Gasteiger partial charge in [-0.25, -0.2) is 0 Å². The number of halogens is 1. The molecule has 0 unspecified atom stereocenters. The van der Waals surface area contributed by atoms with Crippen molar-refractivity contribution in [3.63, 3.8) is 0 Å². The topological polar surface area (TPSA) is 24.9 Å². The van der Waals surface area contributed by atoms with Crippen molar-refractivity contribution in [1.29, 1.82) is 0 Å². The van der Waals surface area contributed by atoms with Gasteiger partial charge in [0.15, 0.2) is 0 Å². The Morgan fingerprint density at radius 2 is 2.18 bits per heavy atom. The molecular formula is C14H15BrN2. The lowest BCUT2D eigenvalue weighted by Gasteiger charge is -2.34. The maximum absolute atomic E-state index is 4.50. The molecule has 0 spiro atoms. The van der Waals surface area contributed by atoms with Gasteiger partial charge >= 0.3 is 0 Å². The fourth-order valence-corrected chi connectivity index (χ4v) is 2.84. The molecule has 1 aromatic heterocycles. The summed E-state index contributed by atoms with van der Waals surface area (Å²) >= 11 is 3.46. The van der Waals surface area contributed by atoms with Crippen LogP contribution < -0.4 is 5.32 Å². The first-order chi connectivity index (χ1) is 8.22. The van der Waals surface area contributed by atoms with Crippen molar-refractivity contribution in [3.8, 4) is 0 Å². The lowest BCUT2D eigenvalue weighted by atomic mass is 9.82. The van der Waals surface area contributed by atoms with Crippen LogP contribution in [0.1, 0.15) is 19.8 Å². The molecule has 1 aromatic carbocycles. The largest absolute Gasteiger partial charge is 0.381 e. The molecule has 1 fully saturated rings. The smallest absolute Gasteiger partial charge is 0.0934 e. The van der Waals surface area contributed by atoms with Crippen LogP contribution in [-0.4, -0.2) is 11.0 Å². The molecule has 1 aliphatic rings. The Labute approximate surface area is 110 Å². The summed E-state index contributed by atoms with van der Waals surface area (Å²) in [6.07, 6.45) is 4.40. The summed E-state index contributed by atoms with van der Waals surface area (Å²) in [5.74, 6) is 0.865. The second-order valence-corrected chi connectivity index (χ2v) is 5.86. The molecule has 0 bridgehead atoms. The normalized spacial score (nSPS) is 23.4. The maximum Gasteiger partial charge on any atom is 0.0934 e. The third kappa shape index (κ3) is 2.16. The number of para-hydroxylation sites is 1. The van der Waals surface area contributed by atoms with Crippen molar-refractivity contribution in [1.82, 2.24) is 4.98 Å². The van der Waals surface area contributed by atoms with Crippen molar-refractivity contribution < 1.29 is 0 Å². The van der Waals surface area contributed by atoms with Crippen molar-refractivity contribution in [2.24, 2.45) is 5.92 Å². The molecule has 2 aromatic rings. The van der Waals surface area contributed by atoms with Gasteiger partial charge in [-0.05, 0) is 46.8 Å². The van der Waals surface area contributed by atoms with Crippen molar-refractivity contribution in [3.05, 3.63) is 34.9 Å². The van der Waals surface area contributed by atoms with Crippen LogP contribution in [0.2, 0.25) is 0 Å². The van der Waals surface area contributed by atoms with Gasteiger partial charge < -0.3 is 5.32 Å². The van der Waals surface area contributed by atoms with Crippen molar-refractivity contribution in [2.75, 3.05) is 5.32 Å². The zero-order valence-corrected chi connectivity index (χ0v) is 11.4. The molecule has 0 amide bonds. The number of benzene rings is 1. The van der Waals surface area contributed by atoms with E-state index in [-0.39, 0.29) is 0 Å².